The molecule has 0 aliphatic carbocycles. The number of carboxylic acid groups (broad SMARTS) is 1. The highest BCUT2D eigenvalue weighted by Gasteiger charge is 2.28. The minimum Gasteiger partial charge on any atom is -0.481 e. The summed E-state index contributed by atoms with van der Waals surface area (Å²) in [5.41, 5.74) is 5.34. The zero-order chi connectivity index (χ0) is 12.4. The molecular formula is C11H13N3O3. The van der Waals surface area contributed by atoms with Crippen LogP contribution in [0.1, 0.15) is 16.9 Å². The number of pyridine rings is 1. The number of carbonyl (C=O) groups is 2. The lowest BCUT2D eigenvalue weighted by atomic mass is 10.1. The van der Waals surface area contributed by atoms with Crippen molar-refractivity contribution in [1.82, 2.24) is 4.98 Å². The number of carbonyl (C=O) groups excluding carboxylic acids is 1. The minimum atomic E-state index is -0.793. The van der Waals surface area contributed by atoms with Gasteiger partial charge < -0.3 is 15.7 Å². The highest BCUT2D eigenvalue weighted by atomic mass is 16.4. The molecule has 1 aliphatic rings. The summed E-state index contributed by atoms with van der Waals surface area (Å²) in [6, 6.07) is 4.98. The number of anilines is 1. The lowest BCUT2D eigenvalue weighted by molar-refractivity contribution is -0.140. The van der Waals surface area contributed by atoms with Gasteiger partial charge in [0, 0.05) is 13.1 Å². The van der Waals surface area contributed by atoms with Gasteiger partial charge in [-0.2, -0.15) is 0 Å². The van der Waals surface area contributed by atoms with Crippen molar-refractivity contribution in [2.75, 3.05) is 18.0 Å². The molecule has 0 saturated carbocycles. The van der Waals surface area contributed by atoms with Crippen LogP contribution in [0.25, 0.3) is 0 Å². The van der Waals surface area contributed by atoms with E-state index in [-0.39, 0.29) is 11.6 Å². The van der Waals surface area contributed by atoms with Crippen molar-refractivity contribution >= 4 is 17.7 Å². The average molecular weight is 235 g/mol. The van der Waals surface area contributed by atoms with E-state index in [1.54, 1.807) is 12.1 Å². The molecule has 1 aromatic heterocycles. The van der Waals surface area contributed by atoms with Gasteiger partial charge in [-0.3, -0.25) is 9.59 Å². The van der Waals surface area contributed by atoms with E-state index >= 15 is 0 Å². The molecule has 1 fully saturated rings. The zero-order valence-corrected chi connectivity index (χ0v) is 9.17. The predicted octanol–water partition coefficient (Wildman–Crippen LogP) is 0.0914. The number of hydrogen-bond donors (Lipinski definition) is 2. The van der Waals surface area contributed by atoms with E-state index < -0.39 is 11.9 Å². The van der Waals surface area contributed by atoms with Crippen LogP contribution in [-0.2, 0) is 4.79 Å². The van der Waals surface area contributed by atoms with Gasteiger partial charge in [-0.15, -0.1) is 0 Å². The maximum absolute atomic E-state index is 11.0. The molecule has 1 aromatic rings. The SMILES string of the molecule is NC(=O)c1cccc(N2CCC(C(=O)O)C2)n1. The molecule has 1 amide bonds. The number of nitrogens with zero attached hydrogens (tertiary/aromatic N) is 2. The quantitative estimate of drug-likeness (QED) is 0.774. The third kappa shape index (κ3) is 2.35. The van der Waals surface area contributed by atoms with E-state index in [2.05, 4.69) is 4.98 Å². The largest absolute Gasteiger partial charge is 0.481 e. The number of rotatable bonds is 3. The van der Waals surface area contributed by atoms with Crippen LogP contribution in [-0.4, -0.2) is 35.1 Å². The van der Waals surface area contributed by atoms with Crippen molar-refractivity contribution in [3.8, 4) is 0 Å². The first-order valence-corrected chi connectivity index (χ1v) is 5.32. The smallest absolute Gasteiger partial charge is 0.308 e. The first-order chi connectivity index (χ1) is 8.08. The lowest BCUT2D eigenvalue weighted by Gasteiger charge is -2.16. The van der Waals surface area contributed by atoms with E-state index in [4.69, 9.17) is 10.8 Å². The van der Waals surface area contributed by atoms with Gasteiger partial charge in [0.2, 0.25) is 0 Å². The van der Waals surface area contributed by atoms with Gasteiger partial charge in [-0.05, 0) is 18.6 Å². The number of aromatic nitrogens is 1. The van der Waals surface area contributed by atoms with Crippen LogP contribution in [0.15, 0.2) is 18.2 Å². The van der Waals surface area contributed by atoms with Gasteiger partial charge in [0.05, 0.1) is 5.92 Å². The van der Waals surface area contributed by atoms with Crippen molar-refractivity contribution in [3.05, 3.63) is 23.9 Å². The van der Waals surface area contributed by atoms with Gasteiger partial charge in [-0.1, -0.05) is 6.07 Å². The van der Waals surface area contributed by atoms with Crippen LogP contribution in [0, 0.1) is 5.92 Å². The number of carboxylic acids is 1. The topological polar surface area (TPSA) is 96.5 Å². The monoisotopic (exact) mass is 235 g/mol. The Bertz CT molecular complexity index is 461. The molecule has 90 valence electrons. The Labute approximate surface area is 98.1 Å². The summed E-state index contributed by atoms with van der Waals surface area (Å²) in [7, 11) is 0. The molecule has 17 heavy (non-hydrogen) atoms. The molecular weight excluding hydrogens is 222 g/mol. The number of nitrogens with two attached hydrogens (primary N) is 1. The van der Waals surface area contributed by atoms with Gasteiger partial charge in [0.25, 0.3) is 5.91 Å². The molecule has 0 spiro atoms. The van der Waals surface area contributed by atoms with E-state index in [0.717, 1.165) is 0 Å². The molecule has 1 aliphatic heterocycles. The maximum Gasteiger partial charge on any atom is 0.308 e. The summed E-state index contributed by atoms with van der Waals surface area (Å²) in [5.74, 6) is -1.14. The molecule has 0 radical (unpaired) electrons. The highest BCUT2D eigenvalue weighted by molar-refractivity contribution is 5.91. The molecule has 6 heteroatoms. The molecule has 2 rings (SSSR count). The van der Waals surface area contributed by atoms with Crippen molar-refractivity contribution in [1.29, 1.82) is 0 Å². The second kappa shape index (κ2) is 4.40. The summed E-state index contributed by atoms with van der Waals surface area (Å²) in [6.07, 6.45) is 0.595. The van der Waals surface area contributed by atoms with Crippen LogP contribution >= 0.6 is 0 Å². The average Bonchev–Trinajstić information content (AvgIpc) is 2.78. The molecule has 1 saturated heterocycles. The molecule has 3 N–H and O–H groups in total. The zero-order valence-electron chi connectivity index (χ0n) is 9.17. The van der Waals surface area contributed by atoms with Gasteiger partial charge >= 0.3 is 5.97 Å². The van der Waals surface area contributed by atoms with E-state index in [0.29, 0.717) is 25.3 Å². The van der Waals surface area contributed by atoms with Crippen molar-refractivity contribution in [2.45, 2.75) is 6.42 Å². The van der Waals surface area contributed by atoms with Crippen LogP contribution in [0.5, 0.6) is 0 Å². The fourth-order valence-electron chi connectivity index (χ4n) is 1.91. The fourth-order valence-corrected chi connectivity index (χ4v) is 1.91. The third-order valence-electron chi connectivity index (χ3n) is 2.85. The van der Waals surface area contributed by atoms with Crippen LogP contribution in [0.2, 0.25) is 0 Å². The number of primary amides is 1. The van der Waals surface area contributed by atoms with Gasteiger partial charge in [0.15, 0.2) is 0 Å². The van der Waals surface area contributed by atoms with Crippen LogP contribution in [0.4, 0.5) is 5.82 Å². The number of amides is 1. The Kier molecular flexibility index (Phi) is 2.95. The Morgan fingerprint density at radius 1 is 1.47 bits per heavy atom. The molecule has 6 nitrogen and oxygen atoms in total. The lowest BCUT2D eigenvalue weighted by Crippen LogP contribution is -2.24. The molecule has 0 aromatic carbocycles. The minimum absolute atomic E-state index is 0.196. The Morgan fingerprint density at radius 3 is 2.82 bits per heavy atom. The Morgan fingerprint density at radius 2 is 2.24 bits per heavy atom. The summed E-state index contributed by atoms with van der Waals surface area (Å²) < 4.78 is 0. The number of hydrogen-bond acceptors (Lipinski definition) is 4. The predicted molar refractivity (Wildman–Crippen MR) is 60.7 cm³/mol. The van der Waals surface area contributed by atoms with Gasteiger partial charge in [0.1, 0.15) is 11.5 Å². The van der Waals surface area contributed by atoms with Crippen molar-refractivity contribution in [3.63, 3.8) is 0 Å². The summed E-state index contributed by atoms with van der Waals surface area (Å²) >= 11 is 0. The Balaban J connectivity index is 2.16. The first-order valence-electron chi connectivity index (χ1n) is 5.32. The van der Waals surface area contributed by atoms with E-state index in [9.17, 15) is 9.59 Å². The van der Waals surface area contributed by atoms with Crippen LogP contribution in [0.3, 0.4) is 0 Å². The van der Waals surface area contributed by atoms with Crippen LogP contribution < -0.4 is 10.6 Å². The summed E-state index contributed by atoms with van der Waals surface area (Å²) in [6.45, 7) is 1.05. The standard InChI is InChI=1S/C11H13N3O3/c12-10(15)8-2-1-3-9(13-8)14-5-4-7(6-14)11(16)17/h1-3,7H,4-6H2,(H2,12,15)(H,16,17). The highest BCUT2D eigenvalue weighted by Crippen LogP contribution is 2.22. The fraction of sp³-hybridized carbons (Fsp3) is 0.364. The Hall–Kier alpha value is -2.11. The number of aliphatic carboxylic acids is 1. The first kappa shape index (κ1) is 11.4. The van der Waals surface area contributed by atoms with E-state index in [1.807, 2.05) is 4.90 Å². The maximum atomic E-state index is 11.0. The molecule has 1 atom stereocenters. The van der Waals surface area contributed by atoms with E-state index in [1.165, 1.54) is 6.07 Å². The second-order valence-electron chi connectivity index (χ2n) is 4.02. The summed E-state index contributed by atoms with van der Waals surface area (Å²) in [5, 5.41) is 8.90. The summed E-state index contributed by atoms with van der Waals surface area (Å²) in [4.78, 5) is 27.8. The third-order valence-corrected chi connectivity index (χ3v) is 2.85. The van der Waals surface area contributed by atoms with Gasteiger partial charge in [-0.25, -0.2) is 4.98 Å². The second-order valence-corrected chi connectivity index (χ2v) is 4.02. The molecule has 1 unspecified atom stereocenters. The molecule has 2 heterocycles. The molecule has 0 bridgehead atoms. The normalized spacial score (nSPS) is 19.3. The van der Waals surface area contributed by atoms with Crippen molar-refractivity contribution < 1.29 is 14.7 Å². The van der Waals surface area contributed by atoms with Crippen molar-refractivity contribution in [2.24, 2.45) is 11.7 Å².